The van der Waals surface area contributed by atoms with Gasteiger partial charge in [-0.25, -0.2) is 0 Å². The number of hydrogen-bond donors (Lipinski definition) is 1. The van der Waals surface area contributed by atoms with Crippen molar-refractivity contribution >= 4 is 5.91 Å². The predicted octanol–water partition coefficient (Wildman–Crippen LogP) is 2.48. The Bertz CT molecular complexity index is 478. The molecule has 3 heteroatoms. The van der Waals surface area contributed by atoms with Gasteiger partial charge >= 0.3 is 0 Å². The van der Waals surface area contributed by atoms with Gasteiger partial charge in [0, 0.05) is 12.6 Å². The maximum Gasteiger partial charge on any atom is 0.240 e. The second kappa shape index (κ2) is 5.57. The second-order valence-corrected chi connectivity index (χ2v) is 6.38. The highest BCUT2D eigenvalue weighted by molar-refractivity contribution is 5.83. The van der Waals surface area contributed by atoms with E-state index in [1.54, 1.807) is 0 Å². The summed E-state index contributed by atoms with van der Waals surface area (Å²) in [4.78, 5) is 14.9. The molecule has 1 saturated heterocycles. The van der Waals surface area contributed by atoms with Gasteiger partial charge in [0.05, 0.1) is 6.04 Å². The minimum atomic E-state index is 0.0287. The number of hydrogen-bond acceptors (Lipinski definition) is 2. The maximum atomic E-state index is 12.8. The molecule has 3 nitrogen and oxygen atoms in total. The lowest BCUT2D eigenvalue weighted by Crippen LogP contribution is -2.46. The molecule has 2 aliphatic rings. The fourth-order valence-corrected chi connectivity index (χ4v) is 3.01. The normalized spacial score (nSPS) is 25.7. The third-order valence-electron chi connectivity index (χ3n) is 4.54. The first-order valence-corrected chi connectivity index (χ1v) is 7.74. The van der Waals surface area contributed by atoms with E-state index in [1.165, 1.54) is 24.0 Å². The van der Waals surface area contributed by atoms with Gasteiger partial charge in [-0.15, -0.1) is 0 Å². The molecule has 2 unspecified atom stereocenters. The lowest BCUT2D eigenvalue weighted by atomic mass is 10.0. The zero-order chi connectivity index (χ0) is 14.1. The van der Waals surface area contributed by atoms with Gasteiger partial charge in [0.25, 0.3) is 0 Å². The Kier molecular flexibility index (Phi) is 3.79. The van der Waals surface area contributed by atoms with Crippen molar-refractivity contribution in [3.63, 3.8) is 0 Å². The highest BCUT2D eigenvalue weighted by Gasteiger charge is 2.39. The SMILES string of the molecule is Cc1ccc(CN(C(=O)C2NCCC2C)C2CC2)cc1. The van der Waals surface area contributed by atoms with Crippen LogP contribution in [0.15, 0.2) is 24.3 Å². The van der Waals surface area contributed by atoms with Crippen LogP contribution in [0.4, 0.5) is 0 Å². The highest BCUT2D eigenvalue weighted by Crippen LogP contribution is 2.30. The summed E-state index contributed by atoms with van der Waals surface area (Å²) < 4.78 is 0. The molecule has 1 heterocycles. The van der Waals surface area contributed by atoms with Crippen molar-refractivity contribution in [3.8, 4) is 0 Å². The van der Waals surface area contributed by atoms with E-state index < -0.39 is 0 Å². The molecule has 3 rings (SSSR count). The van der Waals surface area contributed by atoms with Gasteiger partial charge < -0.3 is 10.2 Å². The number of carbonyl (C=O) groups is 1. The summed E-state index contributed by atoms with van der Waals surface area (Å²) in [6, 6.07) is 9.04. The third kappa shape index (κ3) is 2.88. The largest absolute Gasteiger partial charge is 0.334 e. The van der Waals surface area contributed by atoms with Crippen LogP contribution in [0.1, 0.15) is 37.3 Å². The Morgan fingerprint density at radius 1 is 1.25 bits per heavy atom. The molecule has 0 radical (unpaired) electrons. The van der Waals surface area contributed by atoms with Gasteiger partial charge in [0.15, 0.2) is 0 Å². The molecule has 0 spiro atoms. The van der Waals surface area contributed by atoms with Crippen LogP contribution in [0.25, 0.3) is 0 Å². The molecular formula is C17H24N2O. The lowest BCUT2D eigenvalue weighted by molar-refractivity contribution is -0.135. The van der Waals surface area contributed by atoms with E-state index in [4.69, 9.17) is 0 Å². The zero-order valence-electron chi connectivity index (χ0n) is 12.4. The smallest absolute Gasteiger partial charge is 0.240 e. The van der Waals surface area contributed by atoms with Crippen LogP contribution in [0.5, 0.6) is 0 Å². The Labute approximate surface area is 121 Å². The van der Waals surface area contributed by atoms with E-state index in [2.05, 4.69) is 48.3 Å². The maximum absolute atomic E-state index is 12.8. The average molecular weight is 272 g/mol. The van der Waals surface area contributed by atoms with Gasteiger partial charge in [-0.3, -0.25) is 4.79 Å². The fourth-order valence-electron chi connectivity index (χ4n) is 3.01. The zero-order valence-corrected chi connectivity index (χ0v) is 12.4. The van der Waals surface area contributed by atoms with Crippen molar-refractivity contribution in [2.45, 2.75) is 51.7 Å². The second-order valence-electron chi connectivity index (χ2n) is 6.38. The Balaban J connectivity index is 1.72. The van der Waals surface area contributed by atoms with Crippen molar-refractivity contribution in [2.75, 3.05) is 6.54 Å². The molecule has 1 aliphatic carbocycles. The van der Waals surface area contributed by atoms with Crippen molar-refractivity contribution in [1.29, 1.82) is 0 Å². The summed E-state index contributed by atoms with van der Waals surface area (Å²) >= 11 is 0. The quantitative estimate of drug-likeness (QED) is 0.913. The van der Waals surface area contributed by atoms with Gasteiger partial charge in [0.1, 0.15) is 0 Å². The predicted molar refractivity (Wildman–Crippen MR) is 80.3 cm³/mol. The summed E-state index contributed by atoms with van der Waals surface area (Å²) in [6.07, 6.45) is 3.44. The Hall–Kier alpha value is -1.35. The molecule has 2 fully saturated rings. The van der Waals surface area contributed by atoms with Gasteiger partial charge in [-0.05, 0) is 44.2 Å². The molecule has 1 aromatic rings. The fraction of sp³-hybridized carbons (Fsp3) is 0.588. The topological polar surface area (TPSA) is 32.3 Å². The molecular weight excluding hydrogens is 248 g/mol. The summed E-state index contributed by atoms with van der Waals surface area (Å²) in [6.45, 7) is 6.01. The van der Waals surface area contributed by atoms with Crippen LogP contribution < -0.4 is 5.32 Å². The third-order valence-corrected chi connectivity index (χ3v) is 4.54. The number of nitrogens with zero attached hydrogens (tertiary/aromatic N) is 1. The van der Waals surface area contributed by atoms with Crippen LogP contribution in [0, 0.1) is 12.8 Å². The number of rotatable bonds is 4. The van der Waals surface area contributed by atoms with E-state index in [-0.39, 0.29) is 6.04 Å². The summed E-state index contributed by atoms with van der Waals surface area (Å²) in [5.41, 5.74) is 2.51. The summed E-state index contributed by atoms with van der Waals surface area (Å²) in [7, 11) is 0. The minimum absolute atomic E-state index is 0.0287. The van der Waals surface area contributed by atoms with E-state index in [9.17, 15) is 4.79 Å². The van der Waals surface area contributed by atoms with Crippen molar-refractivity contribution in [1.82, 2.24) is 10.2 Å². The van der Waals surface area contributed by atoms with Gasteiger partial charge in [0.2, 0.25) is 5.91 Å². The molecule has 1 aliphatic heterocycles. The molecule has 20 heavy (non-hydrogen) atoms. The first-order chi connectivity index (χ1) is 9.65. The molecule has 108 valence electrons. The molecule has 0 bridgehead atoms. The molecule has 1 aromatic carbocycles. The van der Waals surface area contributed by atoms with Gasteiger partial charge in [-0.1, -0.05) is 36.8 Å². The lowest BCUT2D eigenvalue weighted by Gasteiger charge is -2.27. The summed E-state index contributed by atoms with van der Waals surface area (Å²) in [5.74, 6) is 0.764. The Morgan fingerprint density at radius 2 is 1.95 bits per heavy atom. The highest BCUT2D eigenvalue weighted by atomic mass is 16.2. The average Bonchev–Trinajstić information content (AvgIpc) is 3.19. The van der Waals surface area contributed by atoms with Gasteiger partial charge in [-0.2, -0.15) is 0 Å². The van der Waals surface area contributed by atoms with Crippen LogP contribution in [0.3, 0.4) is 0 Å². The Morgan fingerprint density at radius 3 is 2.50 bits per heavy atom. The molecule has 0 aromatic heterocycles. The number of amides is 1. The van der Waals surface area contributed by atoms with Crippen molar-refractivity contribution in [3.05, 3.63) is 35.4 Å². The first-order valence-electron chi connectivity index (χ1n) is 7.74. The van der Waals surface area contributed by atoms with E-state index >= 15 is 0 Å². The number of aryl methyl sites for hydroxylation is 1. The van der Waals surface area contributed by atoms with E-state index in [0.29, 0.717) is 17.9 Å². The molecule has 1 saturated carbocycles. The molecule has 2 atom stereocenters. The minimum Gasteiger partial charge on any atom is -0.334 e. The monoisotopic (exact) mass is 272 g/mol. The molecule has 1 amide bonds. The van der Waals surface area contributed by atoms with Crippen molar-refractivity contribution < 1.29 is 4.79 Å². The molecule has 1 N–H and O–H groups in total. The van der Waals surface area contributed by atoms with E-state index in [1.807, 2.05) is 0 Å². The number of carbonyl (C=O) groups excluding carboxylic acids is 1. The first kappa shape index (κ1) is 13.6. The summed E-state index contributed by atoms with van der Waals surface area (Å²) in [5, 5.41) is 3.37. The van der Waals surface area contributed by atoms with Crippen LogP contribution in [-0.2, 0) is 11.3 Å². The van der Waals surface area contributed by atoms with Crippen molar-refractivity contribution in [2.24, 2.45) is 5.92 Å². The van der Waals surface area contributed by atoms with Crippen LogP contribution in [0.2, 0.25) is 0 Å². The van der Waals surface area contributed by atoms with Crippen LogP contribution in [-0.4, -0.2) is 29.4 Å². The van der Waals surface area contributed by atoms with Crippen LogP contribution >= 0.6 is 0 Å². The number of nitrogens with one attached hydrogen (secondary N) is 1. The van der Waals surface area contributed by atoms with E-state index in [0.717, 1.165) is 19.5 Å². The number of benzene rings is 1. The standard InChI is InChI=1S/C17H24N2O/c1-12-3-5-14(6-4-12)11-19(15-7-8-15)17(20)16-13(2)9-10-18-16/h3-6,13,15-16,18H,7-11H2,1-2H3.